The summed E-state index contributed by atoms with van der Waals surface area (Å²) in [7, 11) is 3.85. The molecule has 0 aliphatic heterocycles. The van der Waals surface area contributed by atoms with Crippen LogP contribution in [0.15, 0.2) is 40.9 Å². The summed E-state index contributed by atoms with van der Waals surface area (Å²) in [5.41, 5.74) is 1.94. The van der Waals surface area contributed by atoms with Crippen LogP contribution in [0.25, 0.3) is 11.3 Å². The first kappa shape index (κ1) is 8.81. The summed E-state index contributed by atoms with van der Waals surface area (Å²) in [5.74, 6) is 0.767. The number of nitrogens with zero attached hydrogens (tertiary/aromatic N) is 2. The Morgan fingerprint density at radius 3 is 2.43 bits per heavy atom. The summed E-state index contributed by atoms with van der Waals surface area (Å²) in [4.78, 5) is 1.89. The lowest BCUT2D eigenvalue weighted by Crippen LogP contribution is -2.06. The highest BCUT2D eigenvalue weighted by Crippen LogP contribution is 2.22. The predicted molar refractivity (Wildman–Crippen MR) is 56.3 cm³/mol. The smallest absolute Gasteiger partial charge is 0.227 e. The van der Waals surface area contributed by atoms with Crippen LogP contribution in [0, 0.1) is 0 Å². The maximum atomic E-state index is 5.16. The second-order valence-corrected chi connectivity index (χ2v) is 3.31. The molecule has 0 aliphatic rings. The van der Waals surface area contributed by atoms with Gasteiger partial charge >= 0.3 is 0 Å². The van der Waals surface area contributed by atoms with Crippen molar-refractivity contribution in [1.82, 2.24) is 5.16 Å². The summed E-state index contributed by atoms with van der Waals surface area (Å²) >= 11 is 0. The molecule has 0 saturated carbocycles. The zero-order valence-electron chi connectivity index (χ0n) is 8.27. The Labute approximate surface area is 82.9 Å². The molecule has 0 unspecified atom stereocenters. The van der Waals surface area contributed by atoms with Crippen LogP contribution in [-0.2, 0) is 0 Å². The Hall–Kier alpha value is -1.77. The quantitative estimate of drug-likeness (QED) is 0.724. The second-order valence-electron chi connectivity index (χ2n) is 3.31. The van der Waals surface area contributed by atoms with Crippen LogP contribution >= 0.6 is 0 Å². The molecule has 72 valence electrons. The van der Waals surface area contributed by atoms with Gasteiger partial charge in [0.2, 0.25) is 5.88 Å². The molecular formula is C11H12N2O. The van der Waals surface area contributed by atoms with Crippen molar-refractivity contribution in [3.05, 3.63) is 36.4 Å². The van der Waals surface area contributed by atoms with E-state index in [1.54, 1.807) is 0 Å². The minimum atomic E-state index is 0.767. The average Bonchev–Trinajstić information content (AvgIpc) is 2.68. The van der Waals surface area contributed by atoms with Gasteiger partial charge in [0, 0.05) is 25.7 Å². The van der Waals surface area contributed by atoms with Crippen molar-refractivity contribution in [2.75, 3.05) is 19.0 Å². The molecule has 0 bridgehead atoms. The molecule has 0 spiro atoms. The van der Waals surface area contributed by atoms with Gasteiger partial charge < -0.3 is 9.42 Å². The molecular weight excluding hydrogens is 176 g/mol. The van der Waals surface area contributed by atoms with E-state index in [1.807, 2.05) is 55.4 Å². The van der Waals surface area contributed by atoms with Gasteiger partial charge in [-0.2, -0.15) is 0 Å². The molecule has 3 nitrogen and oxygen atoms in total. The molecule has 0 N–H and O–H groups in total. The summed E-state index contributed by atoms with van der Waals surface area (Å²) in [6.45, 7) is 0. The monoisotopic (exact) mass is 188 g/mol. The lowest BCUT2D eigenvalue weighted by atomic mass is 10.2. The van der Waals surface area contributed by atoms with Crippen molar-refractivity contribution in [3.63, 3.8) is 0 Å². The van der Waals surface area contributed by atoms with Crippen molar-refractivity contribution >= 4 is 5.88 Å². The number of hydrogen-bond donors (Lipinski definition) is 0. The normalized spacial score (nSPS) is 10.1. The van der Waals surface area contributed by atoms with Gasteiger partial charge in [0.25, 0.3) is 0 Å². The Kier molecular flexibility index (Phi) is 2.23. The number of rotatable bonds is 2. The minimum Gasteiger partial charge on any atom is -0.347 e. The molecule has 1 heterocycles. The maximum absolute atomic E-state index is 5.16. The summed E-state index contributed by atoms with van der Waals surface area (Å²) in [6.07, 6.45) is 0. The first-order valence-electron chi connectivity index (χ1n) is 4.47. The first-order chi connectivity index (χ1) is 6.77. The zero-order valence-corrected chi connectivity index (χ0v) is 8.27. The third-order valence-electron chi connectivity index (χ3n) is 2.01. The third-order valence-corrected chi connectivity index (χ3v) is 2.01. The number of benzene rings is 1. The van der Waals surface area contributed by atoms with Crippen LogP contribution in [0.3, 0.4) is 0 Å². The van der Waals surface area contributed by atoms with Gasteiger partial charge in [0.15, 0.2) is 0 Å². The second kappa shape index (κ2) is 3.54. The molecule has 1 aromatic carbocycles. The zero-order chi connectivity index (χ0) is 9.97. The first-order valence-corrected chi connectivity index (χ1v) is 4.47. The van der Waals surface area contributed by atoms with Crippen LogP contribution in [0.4, 0.5) is 5.88 Å². The lowest BCUT2D eigenvalue weighted by molar-refractivity contribution is 0.426. The van der Waals surface area contributed by atoms with Gasteiger partial charge in [-0.25, -0.2) is 0 Å². The maximum Gasteiger partial charge on any atom is 0.227 e. The van der Waals surface area contributed by atoms with E-state index >= 15 is 0 Å². The predicted octanol–water partition coefficient (Wildman–Crippen LogP) is 2.41. The van der Waals surface area contributed by atoms with E-state index in [4.69, 9.17) is 4.52 Å². The van der Waals surface area contributed by atoms with Crippen LogP contribution in [0.2, 0.25) is 0 Å². The van der Waals surface area contributed by atoms with Gasteiger partial charge in [-0.15, -0.1) is 0 Å². The van der Waals surface area contributed by atoms with Crippen molar-refractivity contribution in [1.29, 1.82) is 0 Å². The van der Waals surface area contributed by atoms with Crippen LogP contribution in [0.5, 0.6) is 0 Å². The molecule has 0 aliphatic carbocycles. The molecule has 2 rings (SSSR count). The number of aromatic nitrogens is 1. The molecule has 1 aromatic heterocycles. The van der Waals surface area contributed by atoms with Gasteiger partial charge in [-0.3, -0.25) is 0 Å². The van der Waals surface area contributed by atoms with Gasteiger partial charge in [-0.1, -0.05) is 35.5 Å². The van der Waals surface area contributed by atoms with Crippen LogP contribution in [-0.4, -0.2) is 19.3 Å². The van der Waals surface area contributed by atoms with Crippen LogP contribution < -0.4 is 4.90 Å². The standard InChI is InChI=1S/C11H12N2O/c1-13(2)11-8-10(12-14-11)9-6-4-3-5-7-9/h3-8H,1-2H3. The molecule has 0 fully saturated rings. The fourth-order valence-electron chi connectivity index (χ4n) is 1.22. The largest absolute Gasteiger partial charge is 0.347 e. The molecule has 0 atom stereocenters. The minimum absolute atomic E-state index is 0.767. The van der Waals surface area contributed by atoms with E-state index in [0.717, 1.165) is 17.1 Å². The molecule has 0 saturated heterocycles. The third kappa shape index (κ3) is 1.62. The highest BCUT2D eigenvalue weighted by molar-refractivity contribution is 5.61. The van der Waals surface area contributed by atoms with E-state index in [2.05, 4.69) is 5.16 Å². The summed E-state index contributed by atoms with van der Waals surface area (Å²) < 4.78 is 5.16. The van der Waals surface area contributed by atoms with Crippen molar-refractivity contribution in [2.24, 2.45) is 0 Å². The molecule has 3 heteroatoms. The topological polar surface area (TPSA) is 29.3 Å². The fraction of sp³-hybridized carbons (Fsp3) is 0.182. The van der Waals surface area contributed by atoms with Crippen molar-refractivity contribution in [2.45, 2.75) is 0 Å². The SMILES string of the molecule is CN(C)c1cc(-c2ccccc2)no1. The molecule has 14 heavy (non-hydrogen) atoms. The highest BCUT2D eigenvalue weighted by Gasteiger charge is 2.06. The lowest BCUT2D eigenvalue weighted by Gasteiger charge is -2.03. The van der Waals surface area contributed by atoms with Gasteiger partial charge in [-0.05, 0) is 0 Å². The fourth-order valence-corrected chi connectivity index (χ4v) is 1.22. The number of hydrogen-bond acceptors (Lipinski definition) is 3. The molecule has 0 radical (unpaired) electrons. The Bertz CT molecular complexity index is 406. The van der Waals surface area contributed by atoms with Crippen molar-refractivity contribution < 1.29 is 4.52 Å². The Morgan fingerprint density at radius 2 is 1.86 bits per heavy atom. The molecule has 2 aromatic rings. The van der Waals surface area contributed by atoms with Gasteiger partial charge in [0.1, 0.15) is 5.69 Å². The van der Waals surface area contributed by atoms with E-state index < -0.39 is 0 Å². The summed E-state index contributed by atoms with van der Waals surface area (Å²) in [5, 5.41) is 3.99. The Morgan fingerprint density at radius 1 is 1.14 bits per heavy atom. The van der Waals surface area contributed by atoms with E-state index in [9.17, 15) is 0 Å². The van der Waals surface area contributed by atoms with E-state index in [1.165, 1.54) is 0 Å². The average molecular weight is 188 g/mol. The van der Waals surface area contributed by atoms with E-state index in [0.29, 0.717) is 0 Å². The highest BCUT2D eigenvalue weighted by atomic mass is 16.5. The van der Waals surface area contributed by atoms with Crippen LogP contribution in [0.1, 0.15) is 0 Å². The van der Waals surface area contributed by atoms with Gasteiger partial charge in [0.05, 0.1) is 0 Å². The van der Waals surface area contributed by atoms with Crippen molar-refractivity contribution in [3.8, 4) is 11.3 Å². The Balaban J connectivity index is 2.34. The number of anilines is 1. The van der Waals surface area contributed by atoms with E-state index in [-0.39, 0.29) is 0 Å². The molecule has 0 amide bonds. The summed E-state index contributed by atoms with van der Waals surface area (Å²) in [6, 6.07) is 11.9.